The lowest BCUT2D eigenvalue weighted by molar-refractivity contribution is -0.110. The number of aromatic amines is 1. The summed E-state index contributed by atoms with van der Waals surface area (Å²) in [5, 5.41) is 6.42. The number of carbonyl (C=O) groups excluding carboxylic acids is 1. The molecule has 1 aromatic heterocycles. The average Bonchev–Trinajstić information content (AvgIpc) is 3.44. The Morgan fingerprint density at radius 3 is 2.76 bits per heavy atom. The van der Waals surface area contributed by atoms with E-state index in [0.717, 1.165) is 18.5 Å². The number of hydrogen-bond acceptors (Lipinski definition) is 6. The van der Waals surface area contributed by atoms with Crippen LogP contribution in [0.3, 0.4) is 0 Å². The molecule has 1 amide bonds. The van der Waals surface area contributed by atoms with Gasteiger partial charge in [0.05, 0.1) is 11.4 Å². The first-order valence-electron chi connectivity index (χ1n) is 11.0. The van der Waals surface area contributed by atoms with Crippen molar-refractivity contribution in [3.63, 3.8) is 0 Å². The molecule has 176 valence electrons. The van der Waals surface area contributed by atoms with Gasteiger partial charge in [-0.1, -0.05) is 12.1 Å². The normalized spacial score (nSPS) is 18.9. The highest BCUT2D eigenvalue weighted by Gasteiger charge is 2.30. The molecule has 1 unspecified atom stereocenters. The third kappa shape index (κ3) is 4.65. The van der Waals surface area contributed by atoms with Crippen LogP contribution in [0.5, 0.6) is 0 Å². The minimum absolute atomic E-state index is 0.0587. The van der Waals surface area contributed by atoms with Gasteiger partial charge in [-0.05, 0) is 59.8 Å². The fourth-order valence-electron chi connectivity index (χ4n) is 4.54. The SMILES string of the molecule is O=C1Nc2ccc(NC3CCN(CS(=O)[O-])CC3)cc2/C1=C(\c1cccc(F)c1)c1ncc[nH]1. The Morgan fingerprint density at radius 1 is 1.24 bits per heavy atom. The van der Waals surface area contributed by atoms with Crippen molar-refractivity contribution in [3.8, 4) is 0 Å². The van der Waals surface area contributed by atoms with Crippen LogP contribution in [-0.2, 0) is 15.9 Å². The minimum atomic E-state index is -2.07. The van der Waals surface area contributed by atoms with Crippen LogP contribution in [-0.4, -0.2) is 54.5 Å². The molecule has 2 aliphatic rings. The number of carbonyl (C=O) groups is 1. The van der Waals surface area contributed by atoms with Gasteiger partial charge in [0.1, 0.15) is 11.6 Å². The third-order valence-corrected chi connectivity index (χ3v) is 6.68. The lowest BCUT2D eigenvalue weighted by Gasteiger charge is -2.33. The van der Waals surface area contributed by atoms with E-state index in [9.17, 15) is 17.9 Å². The summed E-state index contributed by atoms with van der Waals surface area (Å²) in [6, 6.07) is 12.0. The molecule has 0 bridgehead atoms. The maximum atomic E-state index is 14.1. The van der Waals surface area contributed by atoms with Gasteiger partial charge in [0.2, 0.25) is 0 Å². The average molecular weight is 481 g/mol. The van der Waals surface area contributed by atoms with Crippen LogP contribution in [0.25, 0.3) is 11.1 Å². The lowest BCUT2D eigenvalue weighted by atomic mass is 9.94. The van der Waals surface area contributed by atoms with E-state index in [-0.39, 0.29) is 17.8 Å². The summed E-state index contributed by atoms with van der Waals surface area (Å²) in [5.74, 6) is -0.140. The molecule has 0 radical (unpaired) electrons. The molecule has 10 heteroatoms. The highest BCUT2D eigenvalue weighted by molar-refractivity contribution is 7.79. The molecule has 1 saturated heterocycles. The van der Waals surface area contributed by atoms with Gasteiger partial charge in [-0.3, -0.25) is 13.9 Å². The number of piperidine rings is 1. The van der Waals surface area contributed by atoms with E-state index in [1.54, 1.807) is 24.5 Å². The molecular formula is C24H23FN5O3S-. The van der Waals surface area contributed by atoms with Crippen LogP contribution in [0.4, 0.5) is 15.8 Å². The standard InChI is InChI=1S/C24H24FN5O3S/c25-16-3-1-2-15(12-16)21(23-26-8-9-27-23)22-19-13-18(4-5-20(19)29-24(22)31)28-17-6-10-30(11-7-17)14-34(32)33/h1-5,8-9,12-13,17,28H,6-7,10-11,14H2,(H,26,27)(H,29,31)(H,32,33)/p-1/b22-21-. The summed E-state index contributed by atoms with van der Waals surface area (Å²) in [7, 11) is 0. The molecule has 0 aliphatic carbocycles. The highest BCUT2D eigenvalue weighted by Crippen LogP contribution is 2.40. The molecule has 8 nitrogen and oxygen atoms in total. The van der Waals surface area contributed by atoms with Gasteiger partial charge < -0.3 is 20.2 Å². The van der Waals surface area contributed by atoms with Crippen molar-refractivity contribution in [2.75, 3.05) is 29.6 Å². The maximum Gasteiger partial charge on any atom is 0.257 e. The third-order valence-electron chi connectivity index (χ3n) is 6.11. The van der Waals surface area contributed by atoms with Crippen molar-refractivity contribution in [1.82, 2.24) is 14.9 Å². The van der Waals surface area contributed by atoms with Gasteiger partial charge in [-0.2, -0.15) is 0 Å². The first kappa shape index (κ1) is 22.5. The Hall–Kier alpha value is -3.34. The summed E-state index contributed by atoms with van der Waals surface area (Å²) in [6.45, 7) is 1.40. The quantitative estimate of drug-likeness (QED) is 0.369. The number of imidazole rings is 1. The maximum absolute atomic E-state index is 14.1. The van der Waals surface area contributed by atoms with Crippen molar-refractivity contribution in [3.05, 3.63) is 77.6 Å². The van der Waals surface area contributed by atoms with Crippen LogP contribution >= 0.6 is 0 Å². The van der Waals surface area contributed by atoms with Gasteiger partial charge in [-0.25, -0.2) is 9.37 Å². The summed E-state index contributed by atoms with van der Waals surface area (Å²) >= 11 is -2.07. The topological polar surface area (TPSA) is 113 Å². The number of likely N-dealkylation sites (tertiary alicyclic amines) is 1. The number of aromatic nitrogens is 2. The highest BCUT2D eigenvalue weighted by atomic mass is 32.2. The summed E-state index contributed by atoms with van der Waals surface area (Å²) in [6.07, 6.45) is 4.88. The van der Waals surface area contributed by atoms with E-state index in [0.29, 0.717) is 46.9 Å². The molecule has 0 spiro atoms. The molecule has 2 aliphatic heterocycles. The van der Waals surface area contributed by atoms with Crippen LogP contribution in [0, 0.1) is 5.82 Å². The number of fused-ring (bicyclic) bond motifs is 1. The number of amides is 1. The van der Waals surface area contributed by atoms with Crippen molar-refractivity contribution < 1.29 is 17.9 Å². The molecule has 34 heavy (non-hydrogen) atoms. The first-order valence-corrected chi connectivity index (χ1v) is 12.2. The molecule has 3 heterocycles. The summed E-state index contributed by atoms with van der Waals surface area (Å²) in [5.41, 5.74) is 3.75. The number of rotatable bonds is 6. The Morgan fingerprint density at radius 2 is 2.06 bits per heavy atom. The van der Waals surface area contributed by atoms with E-state index in [2.05, 4.69) is 20.6 Å². The van der Waals surface area contributed by atoms with Crippen LogP contribution in [0.2, 0.25) is 0 Å². The Labute approximate surface area is 198 Å². The molecule has 3 N–H and O–H groups in total. The minimum Gasteiger partial charge on any atom is -0.771 e. The summed E-state index contributed by atoms with van der Waals surface area (Å²) in [4.78, 5) is 22.4. The summed E-state index contributed by atoms with van der Waals surface area (Å²) < 4.78 is 36.0. The van der Waals surface area contributed by atoms with Gasteiger partial charge in [-0.15, -0.1) is 0 Å². The van der Waals surface area contributed by atoms with E-state index in [1.165, 1.54) is 12.1 Å². The molecule has 2 aromatic carbocycles. The van der Waals surface area contributed by atoms with Crippen molar-refractivity contribution in [2.24, 2.45) is 0 Å². The second-order valence-corrected chi connectivity index (χ2v) is 9.25. The fraction of sp³-hybridized carbons (Fsp3) is 0.250. The molecule has 0 saturated carbocycles. The van der Waals surface area contributed by atoms with Gasteiger partial charge in [0.25, 0.3) is 5.91 Å². The molecule has 3 aromatic rings. The van der Waals surface area contributed by atoms with Crippen molar-refractivity contribution in [1.29, 1.82) is 0 Å². The van der Waals surface area contributed by atoms with Crippen molar-refractivity contribution >= 4 is 39.5 Å². The van der Waals surface area contributed by atoms with Crippen molar-refractivity contribution in [2.45, 2.75) is 18.9 Å². The number of anilines is 2. The molecule has 1 fully saturated rings. The number of nitrogens with zero attached hydrogens (tertiary/aromatic N) is 2. The zero-order chi connectivity index (χ0) is 23.7. The number of hydrogen-bond donors (Lipinski definition) is 3. The second-order valence-electron chi connectivity index (χ2n) is 8.38. The van der Waals surface area contributed by atoms with Gasteiger partial charge in [0.15, 0.2) is 0 Å². The smallest absolute Gasteiger partial charge is 0.257 e. The fourth-order valence-corrected chi connectivity index (χ4v) is 5.10. The first-order chi connectivity index (χ1) is 16.5. The van der Waals surface area contributed by atoms with Gasteiger partial charge in [0, 0.05) is 54.0 Å². The predicted octanol–water partition coefficient (Wildman–Crippen LogP) is 3.17. The van der Waals surface area contributed by atoms with Crippen LogP contribution < -0.4 is 10.6 Å². The Kier molecular flexibility index (Phi) is 6.27. The number of H-pyrrole nitrogens is 1. The predicted molar refractivity (Wildman–Crippen MR) is 128 cm³/mol. The monoisotopic (exact) mass is 480 g/mol. The van der Waals surface area contributed by atoms with E-state index in [4.69, 9.17) is 0 Å². The molecule has 5 rings (SSSR count). The van der Waals surface area contributed by atoms with E-state index < -0.39 is 16.9 Å². The van der Waals surface area contributed by atoms with Crippen LogP contribution in [0.15, 0.2) is 54.9 Å². The Bertz CT molecular complexity index is 1270. The van der Waals surface area contributed by atoms with E-state index >= 15 is 0 Å². The molecular weight excluding hydrogens is 457 g/mol. The van der Waals surface area contributed by atoms with Gasteiger partial charge >= 0.3 is 0 Å². The largest absolute Gasteiger partial charge is 0.771 e. The number of nitrogens with one attached hydrogen (secondary N) is 3. The van der Waals surface area contributed by atoms with Crippen LogP contribution in [0.1, 0.15) is 29.8 Å². The zero-order valence-electron chi connectivity index (χ0n) is 18.2. The second kappa shape index (κ2) is 9.49. The number of benzene rings is 2. The zero-order valence-corrected chi connectivity index (χ0v) is 19.0. The molecule has 1 atom stereocenters. The Balaban J connectivity index is 1.48. The number of halogens is 1. The lowest BCUT2D eigenvalue weighted by Crippen LogP contribution is -2.40. The van der Waals surface area contributed by atoms with E-state index in [1.807, 2.05) is 23.1 Å².